The summed E-state index contributed by atoms with van der Waals surface area (Å²) in [4.78, 5) is 14.8. The van der Waals surface area contributed by atoms with Crippen molar-refractivity contribution in [3.8, 4) is 6.07 Å². The van der Waals surface area contributed by atoms with Crippen molar-refractivity contribution in [1.29, 1.82) is 5.26 Å². The molecule has 1 aliphatic heterocycles. The summed E-state index contributed by atoms with van der Waals surface area (Å²) in [5.74, 6) is 0.673. The first-order valence-electron chi connectivity index (χ1n) is 8.83. The molecule has 3 nitrogen and oxygen atoms in total. The van der Waals surface area contributed by atoms with Crippen LogP contribution in [0.4, 0.5) is 0 Å². The first kappa shape index (κ1) is 14.5. The van der Waals surface area contributed by atoms with Crippen molar-refractivity contribution >= 4 is 11.5 Å². The Labute approximate surface area is 137 Å². The summed E-state index contributed by atoms with van der Waals surface area (Å²) in [6.07, 6.45) is 7.70. The zero-order valence-corrected chi connectivity index (χ0v) is 13.5. The molecule has 3 heteroatoms. The summed E-state index contributed by atoms with van der Waals surface area (Å²) in [6, 6.07) is 8.78. The predicted molar refractivity (Wildman–Crippen MR) is 89.7 cm³/mol. The number of benzene rings is 1. The molecule has 2 aliphatic carbocycles. The number of hydrogen-bond donors (Lipinski definition) is 0. The smallest absolute Gasteiger partial charge is 0.179 e. The van der Waals surface area contributed by atoms with E-state index in [2.05, 4.69) is 29.2 Å². The Bertz CT molecular complexity index is 714. The van der Waals surface area contributed by atoms with E-state index in [1.165, 1.54) is 31.2 Å². The largest absolute Gasteiger partial charge is 0.370 e. The Morgan fingerprint density at radius 1 is 1.09 bits per heavy atom. The molecule has 0 spiro atoms. The number of ketones is 1. The van der Waals surface area contributed by atoms with E-state index in [1.807, 2.05) is 0 Å². The van der Waals surface area contributed by atoms with E-state index in [-0.39, 0.29) is 5.78 Å². The summed E-state index contributed by atoms with van der Waals surface area (Å²) in [5, 5.41) is 9.59. The highest BCUT2D eigenvalue weighted by molar-refractivity contribution is 6.09. The van der Waals surface area contributed by atoms with Crippen LogP contribution in [-0.4, -0.2) is 23.8 Å². The molecule has 0 amide bonds. The van der Waals surface area contributed by atoms with Gasteiger partial charge in [0.25, 0.3) is 0 Å². The quantitative estimate of drug-likeness (QED) is 0.834. The van der Waals surface area contributed by atoms with Crippen molar-refractivity contribution in [3.63, 3.8) is 0 Å². The Hall–Kier alpha value is -2.08. The maximum absolute atomic E-state index is 12.5. The maximum atomic E-state index is 12.5. The third-order valence-electron chi connectivity index (χ3n) is 5.34. The normalized spacial score (nSPS) is 21.7. The van der Waals surface area contributed by atoms with E-state index in [1.54, 1.807) is 0 Å². The van der Waals surface area contributed by atoms with Crippen molar-refractivity contribution in [1.82, 2.24) is 4.90 Å². The molecule has 0 atom stereocenters. The number of likely N-dealkylation sites (tertiary alicyclic amines) is 1. The van der Waals surface area contributed by atoms with E-state index in [9.17, 15) is 10.1 Å². The number of carbonyl (C=O) groups excluding carboxylic acids is 1. The van der Waals surface area contributed by atoms with Gasteiger partial charge in [-0.25, -0.2) is 0 Å². The van der Waals surface area contributed by atoms with Crippen molar-refractivity contribution < 1.29 is 4.79 Å². The van der Waals surface area contributed by atoms with Crippen molar-refractivity contribution in [2.24, 2.45) is 0 Å². The predicted octanol–water partition coefficient (Wildman–Crippen LogP) is 3.80. The second kappa shape index (κ2) is 5.85. The molecule has 0 aromatic heterocycles. The van der Waals surface area contributed by atoms with Gasteiger partial charge in [0.1, 0.15) is 11.6 Å². The molecule has 0 N–H and O–H groups in total. The molecule has 1 aromatic rings. The molecule has 4 rings (SSSR count). The van der Waals surface area contributed by atoms with Gasteiger partial charge in [0.2, 0.25) is 0 Å². The maximum Gasteiger partial charge on any atom is 0.179 e. The number of Topliss-reactive ketones (excluding diaryl/α,β-unsaturated/α-hetero) is 1. The number of carbonyl (C=O) groups is 1. The summed E-state index contributed by atoms with van der Waals surface area (Å²) in [6.45, 7) is 1.92. The molecular weight excluding hydrogens is 284 g/mol. The third-order valence-corrected chi connectivity index (χ3v) is 5.34. The van der Waals surface area contributed by atoms with E-state index in [4.69, 9.17) is 0 Å². The second-order valence-corrected chi connectivity index (χ2v) is 7.03. The molecule has 0 radical (unpaired) electrons. The zero-order valence-electron chi connectivity index (χ0n) is 13.5. The van der Waals surface area contributed by atoms with Gasteiger partial charge in [-0.05, 0) is 48.8 Å². The summed E-state index contributed by atoms with van der Waals surface area (Å²) in [5.41, 5.74) is 4.92. The molecule has 118 valence electrons. The Kier molecular flexibility index (Phi) is 3.69. The lowest BCUT2D eigenvalue weighted by Crippen LogP contribution is -2.29. The Balaban J connectivity index is 1.83. The van der Waals surface area contributed by atoms with Gasteiger partial charge < -0.3 is 4.90 Å². The van der Waals surface area contributed by atoms with E-state index >= 15 is 0 Å². The molecule has 1 saturated carbocycles. The molecule has 0 unspecified atom stereocenters. The minimum atomic E-state index is -0.0154. The first-order chi connectivity index (χ1) is 11.3. The molecule has 1 heterocycles. The SMILES string of the molecule is N#CC1=C(N2CCCCCC2)c2cc(C3CC3)ccc2CC1=O. The van der Waals surface area contributed by atoms with Crippen LogP contribution in [0.5, 0.6) is 0 Å². The summed E-state index contributed by atoms with van der Waals surface area (Å²) in [7, 11) is 0. The Morgan fingerprint density at radius 2 is 1.83 bits per heavy atom. The lowest BCUT2D eigenvalue weighted by atomic mass is 9.86. The van der Waals surface area contributed by atoms with Gasteiger partial charge in [-0.1, -0.05) is 25.0 Å². The number of hydrogen-bond acceptors (Lipinski definition) is 3. The van der Waals surface area contributed by atoms with Crippen LogP contribution >= 0.6 is 0 Å². The minimum absolute atomic E-state index is 0.0154. The molecule has 2 fully saturated rings. The number of nitriles is 1. The standard InChI is InChI=1S/C20H22N2O/c21-13-18-19(23)12-16-8-7-15(14-5-6-14)11-17(16)20(18)22-9-3-1-2-4-10-22/h7-8,11,14H,1-6,9-10,12H2. The van der Waals surface area contributed by atoms with E-state index in [0.29, 0.717) is 17.9 Å². The first-order valence-corrected chi connectivity index (χ1v) is 8.83. The fourth-order valence-electron chi connectivity index (χ4n) is 3.91. The average Bonchev–Trinajstić information content (AvgIpc) is 3.40. The highest BCUT2D eigenvalue weighted by Gasteiger charge is 2.31. The number of rotatable bonds is 2. The van der Waals surface area contributed by atoms with E-state index in [0.717, 1.165) is 42.8 Å². The topological polar surface area (TPSA) is 44.1 Å². The lowest BCUT2D eigenvalue weighted by Gasteiger charge is -2.31. The van der Waals surface area contributed by atoms with E-state index < -0.39 is 0 Å². The van der Waals surface area contributed by atoms with Gasteiger partial charge in [-0.15, -0.1) is 0 Å². The van der Waals surface area contributed by atoms with Gasteiger partial charge in [0.15, 0.2) is 5.78 Å². The van der Waals surface area contributed by atoms with Crippen LogP contribution in [0, 0.1) is 11.3 Å². The fourth-order valence-corrected chi connectivity index (χ4v) is 3.91. The van der Waals surface area contributed by atoms with Gasteiger partial charge in [0, 0.05) is 25.1 Å². The Morgan fingerprint density at radius 3 is 2.48 bits per heavy atom. The van der Waals surface area contributed by atoms with Crippen LogP contribution < -0.4 is 0 Å². The molecular formula is C20H22N2O. The van der Waals surface area contributed by atoms with Gasteiger partial charge in [-0.3, -0.25) is 4.79 Å². The minimum Gasteiger partial charge on any atom is -0.370 e. The molecule has 23 heavy (non-hydrogen) atoms. The second-order valence-electron chi connectivity index (χ2n) is 7.03. The van der Waals surface area contributed by atoms with Crippen molar-refractivity contribution in [2.75, 3.05) is 13.1 Å². The third kappa shape index (κ3) is 2.67. The van der Waals surface area contributed by atoms with Crippen molar-refractivity contribution in [2.45, 2.75) is 50.9 Å². The van der Waals surface area contributed by atoms with Crippen LogP contribution in [0.1, 0.15) is 61.1 Å². The van der Waals surface area contributed by atoms with Crippen LogP contribution in [0.3, 0.4) is 0 Å². The van der Waals surface area contributed by atoms with Crippen LogP contribution in [0.15, 0.2) is 23.8 Å². The highest BCUT2D eigenvalue weighted by Crippen LogP contribution is 2.43. The van der Waals surface area contributed by atoms with Crippen LogP contribution in [0.2, 0.25) is 0 Å². The van der Waals surface area contributed by atoms with Gasteiger partial charge in [-0.2, -0.15) is 5.26 Å². The molecule has 0 bridgehead atoms. The highest BCUT2D eigenvalue weighted by atomic mass is 16.1. The summed E-state index contributed by atoms with van der Waals surface area (Å²) < 4.78 is 0. The van der Waals surface area contributed by atoms with Crippen LogP contribution in [-0.2, 0) is 11.2 Å². The summed E-state index contributed by atoms with van der Waals surface area (Å²) >= 11 is 0. The lowest BCUT2D eigenvalue weighted by molar-refractivity contribution is -0.114. The number of allylic oxidation sites excluding steroid dienone is 1. The van der Waals surface area contributed by atoms with Crippen molar-refractivity contribution in [3.05, 3.63) is 40.5 Å². The van der Waals surface area contributed by atoms with Crippen LogP contribution in [0.25, 0.3) is 5.70 Å². The van der Waals surface area contributed by atoms with Gasteiger partial charge >= 0.3 is 0 Å². The molecule has 3 aliphatic rings. The average molecular weight is 306 g/mol. The number of fused-ring (bicyclic) bond motifs is 1. The molecule has 1 aromatic carbocycles. The van der Waals surface area contributed by atoms with Gasteiger partial charge in [0.05, 0.1) is 5.70 Å². The molecule has 1 saturated heterocycles. The fraction of sp³-hybridized carbons (Fsp3) is 0.500. The zero-order chi connectivity index (χ0) is 15.8. The number of nitrogens with zero attached hydrogens (tertiary/aromatic N) is 2. The monoisotopic (exact) mass is 306 g/mol.